The number of benzene rings is 2. The number of carbonyl (C=O) groups is 1. The van der Waals surface area contributed by atoms with Crippen molar-refractivity contribution in [2.24, 2.45) is 0 Å². The van der Waals surface area contributed by atoms with Crippen LogP contribution in [0, 0.1) is 0 Å². The minimum absolute atomic E-state index is 0.218. The minimum atomic E-state index is -0.218. The fourth-order valence-electron chi connectivity index (χ4n) is 2.30. The second kappa shape index (κ2) is 8.10. The zero-order chi connectivity index (χ0) is 17.5. The van der Waals surface area contributed by atoms with Gasteiger partial charge < -0.3 is 24.8 Å². The maximum Gasteiger partial charge on any atom is 0.255 e. The van der Waals surface area contributed by atoms with Crippen molar-refractivity contribution >= 4 is 17.3 Å². The first-order valence-corrected chi connectivity index (χ1v) is 7.58. The van der Waals surface area contributed by atoms with Gasteiger partial charge in [-0.15, -0.1) is 0 Å². The van der Waals surface area contributed by atoms with Crippen LogP contribution < -0.4 is 24.8 Å². The van der Waals surface area contributed by atoms with Gasteiger partial charge in [-0.2, -0.15) is 0 Å². The highest BCUT2D eigenvalue weighted by Gasteiger charge is 2.12. The summed E-state index contributed by atoms with van der Waals surface area (Å²) in [5.41, 5.74) is 1.93. The average molecular weight is 330 g/mol. The molecular weight excluding hydrogens is 308 g/mol. The second-order valence-corrected chi connectivity index (χ2v) is 4.97. The molecule has 128 valence electrons. The molecule has 0 unspecified atom stereocenters. The quantitative estimate of drug-likeness (QED) is 0.814. The number of ether oxygens (including phenoxy) is 3. The van der Waals surface area contributed by atoms with Crippen LogP contribution in [0.25, 0.3) is 0 Å². The lowest BCUT2D eigenvalue weighted by Crippen LogP contribution is -2.13. The second-order valence-electron chi connectivity index (χ2n) is 4.97. The molecule has 0 atom stereocenters. The Kier molecular flexibility index (Phi) is 5.89. The summed E-state index contributed by atoms with van der Waals surface area (Å²) in [5, 5.41) is 6.03. The molecule has 1 amide bonds. The first-order chi connectivity index (χ1) is 11.6. The van der Waals surface area contributed by atoms with E-state index in [1.54, 1.807) is 57.7 Å². The topological polar surface area (TPSA) is 68.8 Å². The number of amides is 1. The summed E-state index contributed by atoms with van der Waals surface area (Å²) in [6.45, 7) is 2.72. The van der Waals surface area contributed by atoms with Crippen molar-refractivity contribution in [3.05, 3.63) is 42.0 Å². The van der Waals surface area contributed by atoms with Gasteiger partial charge in [0.15, 0.2) is 11.5 Å². The summed E-state index contributed by atoms with van der Waals surface area (Å²) in [7, 11) is 4.71. The van der Waals surface area contributed by atoms with Crippen LogP contribution in [-0.4, -0.2) is 33.8 Å². The molecule has 0 fully saturated rings. The minimum Gasteiger partial charge on any atom is -0.495 e. The van der Waals surface area contributed by atoms with Gasteiger partial charge in [0, 0.05) is 23.9 Å². The predicted molar refractivity (Wildman–Crippen MR) is 94.7 cm³/mol. The molecule has 0 aliphatic heterocycles. The summed E-state index contributed by atoms with van der Waals surface area (Å²) >= 11 is 0. The van der Waals surface area contributed by atoms with Crippen LogP contribution in [0.3, 0.4) is 0 Å². The number of carbonyl (C=O) groups excluding carboxylic acids is 1. The molecule has 0 aliphatic rings. The summed E-state index contributed by atoms with van der Waals surface area (Å²) in [6.07, 6.45) is 0. The predicted octanol–water partition coefficient (Wildman–Crippen LogP) is 3.40. The van der Waals surface area contributed by atoms with Crippen LogP contribution in [0.1, 0.15) is 17.3 Å². The number of rotatable bonds is 7. The third kappa shape index (κ3) is 3.90. The van der Waals surface area contributed by atoms with E-state index in [4.69, 9.17) is 14.2 Å². The van der Waals surface area contributed by atoms with Crippen molar-refractivity contribution in [2.45, 2.75) is 6.92 Å². The number of hydrogen-bond donors (Lipinski definition) is 2. The summed E-state index contributed by atoms with van der Waals surface area (Å²) in [6, 6.07) is 10.5. The van der Waals surface area contributed by atoms with Crippen LogP contribution in [0.4, 0.5) is 11.4 Å². The van der Waals surface area contributed by atoms with Gasteiger partial charge >= 0.3 is 0 Å². The molecule has 0 radical (unpaired) electrons. The van der Waals surface area contributed by atoms with E-state index in [-0.39, 0.29) is 5.91 Å². The summed E-state index contributed by atoms with van der Waals surface area (Å²) in [4.78, 5) is 12.5. The molecule has 2 N–H and O–H groups in total. The Hall–Kier alpha value is -2.89. The molecule has 24 heavy (non-hydrogen) atoms. The lowest BCUT2D eigenvalue weighted by molar-refractivity contribution is 0.102. The Bertz CT molecular complexity index is 716. The van der Waals surface area contributed by atoms with Crippen LogP contribution >= 0.6 is 0 Å². The van der Waals surface area contributed by atoms with E-state index in [0.29, 0.717) is 28.5 Å². The van der Waals surface area contributed by atoms with Crippen LogP contribution in [-0.2, 0) is 0 Å². The highest BCUT2D eigenvalue weighted by molar-refractivity contribution is 6.05. The molecule has 2 aromatic rings. The SMILES string of the molecule is CCNc1cc(C(=O)Nc2ccc(OC)c(OC)c2)ccc1OC. The smallest absolute Gasteiger partial charge is 0.255 e. The maximum atomic E-state index is 12.5. The number of anilines is 2. The van der Waals surface area contributed by atoms with Crippen LogP contribution in [0.15, 0.2) is 36.4 Å². The van der Waals surface area contributed by atoms with Crippen molar-refractivity contribution in [1.29, 1.82) is 0 Å². The van der Waals surface area contributed by atoms with Gasteiger partial charge in [0.1, 0.15) is 5.75 Å². The van der Waals surface area contributed by atoms with E-state index < -0.39 is 0 Å². The zero-order valence-corrected chi connectivity index (χ0v) is 14.3. The Morgan fingerprint density at radius 2 is 1.58 bits per heavy atom. The Morgan fingerprint density at radius 1 is 0.917 bits per heavy atom. The van der Waals surface area contributed by atoms with Crippen LogP contribution in [0.2, 0.25) is 0 Å². The van der Waals surface area contributed by atoms with Gasteiger partial charge in [0.2, 0.25) is 0 Å². The lowest BCUT2D eigenvalue weighted by atomic mass is 10.1. The largest absolute Gasteiger partial charge is 0.495 e. The van der Waals surface area contributed by atoms with Gasteiger partial charge in [0.25, 0.3) is 5.91 Å². The first-order valence-electron chi connectivity index (χ1n) is 7.58. The molecule has 6 heteroatoms. The fourth-order valence-corrected chi connectivity index (χ4v) is 2.30. The maximum absolute atomic E-state index is 12.5. The molecule has 0 aliphatic carbocycles. The van der Waals surface area contributed by atoms with Crippen LogP contribution in [0.5, 0.6) is 17.2 Å². The normalized spacial score (nSPS) is 10.0. The molecule has 2 aromatic carbocycles. The molecule has 0 aromatic heterocycles. The molecule has 0 spiro atoms. The van der Waals surface area contributed by atoms with E-state index >= 15 is 0 Å². The van der Waals surface area contributed by atoms with Crippen molar-refractivity contribution in [3.8, 4) is 17.2 Å². The monoisotopic (exact) mass is 330 g/mol. The standard InChI is InChI=1S/C18H22N2O4/c1-5-19-14-10-12(6-8-15(14)22-2)18(21)20-13-7-9-16(23-3)17(11-13)24-4/h6-11,19H,5H2,1-4H3,(H,20,21). The molecule has 0 bridgehead atoms. The number of hydrogen-bond acceptors (Lipinski definition) is 5. The molecule has 6 nitrogen and oxygen atoms in total. The Labute approximate surface area is 141 Å². The Morgan fingerprint density at radius 3 is 2.21 bits per heavy atom. The van der Waals surface area contributed by atoms with Crippen molar-refractivity contribution in [1.82, 2.24) is 0 Å². The Balaban J connectivity index is 2.22. The zero-order valence-electron chi connectivity index (χ0n) is 14.3. The average Bonchev–Trinajstić information content (AvgIpc) is 2.61. The molecular formula is C18H22N2O4. The number of nitrogens with one attached hydrogen (secondary N) is 2. The highest BCUT2D eigenvalue weighted by Crippen LogP contribution is 2.30. The highest BCUT2D eigenvalue weighted by atomic mass is 16.5. The van der Waals surface area contributed by atoms with E-state index in [1.807, 2.05) is 6.92 Å². The molecule has 2 rings (SSSR count). The van der Waals surface area contributed by atoms with Gasteiger partial charge in [-0.1, -0.05) is 0 Å². The first kappa shape index (κ1) is 17.5. The third-order valence-corrected chi connectivity index (χ3v) is 3.47. The summed E-state index contributed by atoms with van der Waals surface area (Å²) < 4.78 is 15.7. The molecule has 0 heterocycles. The van der Waals surface area contributed by atoms with Crippen molar-refractivity contribution in [3.63, 3.8) is 0 Å². The van der Waals surface area contributed by atoms with Gasteiger partial charge in [-0.25, -0.2) is 0 Å². The van der Waals surface area contributed by atoms with Gasteiger partial charge in [0.05, 0.1) is 27.0 Å². The van der Waals surface area contributed by atoms with E-state index in [1.165, 1.54) is 0 Å². The summed E-state index contributed by atoms with van der Waals surface area (Å²) in [5.74, 6) is 1.64. The lowest BCUT2D eigenvalue weighted by Gasteiger charge is -2.13. The van der Waals surface area contributed by atoms with E-state index in [0.717, 1.165) is 12.2 Å². The van der Waals surface area contributed by atoms with Crippen molar-refractivity contribution in [2.75, 3.05) is 38.5 Å². The third-order valence-electron chi connectivity index (χ3n) is 3.47. The van der Waals surface area contributed by atoms with E-state index in [9.17, 15) is 4.79 Å². The molecule has 0 saturated carbocycles. The van der Waals surface area contributed by atoms with Gasteiger partial charge in [-0.3, -0.25) is 4.79 Å². The van der Waals surface area contributed by atoms with E-state index in [2.05, 4.69) is 10.6 Å². The number of methoxy groups -OCH3 is 3. The van der Waals surface area contributed by atoms with Gasteiger partial charge in [-0.05, 0) is 37.3 Å². The molecule has 0 saturated heterocycles. The fraction of sp³-hybridized carbons (Fsp3) is 0.278. The van der Waals surface area contributed by atoms with Crippen molar-refractivity contribution < 1.29 is 19.0 Å².